The van der Waals surface area contributed by atoms with E-state index in [0.29, 0.717) is 0 Å². The van der Waals surface area contributed by atoms with Crippen LogP contribution in [0.2, 0.25) is 0 Å². The van der Waals surface area contributed by atoms with Gasteiger partial charge in [0.15, 0.2) is 0 Å². The maximum Gasteiger partial charge on any atom is 0.146 e. The van der Waals surface area contributed by atoms with Gasteiger partial charge in [-0.25, -0.2) is 0 Å². The molecule has 2 rings (SSSR count). The van der Waals surface area contributed by atoms with E-state index in [2.05, 4.69) is 34.3 Å². The van der Waals surface area contributed by atoms with Gasteiger partial charge in [-0.1, -0.05) is 12.8 Å². The van der Waals surface area contributed by atoms with Crippen molar-refractivity contribution in [2.45, 2.75) is 36.0 Å². The molecule has 1 aromatic carbocycles. The first kappa shape index (κ1) is 14.2. The van der Waals surface area contributed by atoms with Crippen molar-refractivity contribution in [1.29, 1.82) is 0 Å². The number of nitrogens with two attached hydrogens (primary N) is 1. The SMILES string of the molecule is COc1c(Br)cc(C2(CN)CCCC2)cc1SC. The lowest BCUT2D eigenvalue weighted by Gasteiger charge is -2.29. The van der Waals surface area contributed by atoms with Crippen molar-refractivity contribution in [3.05, 3.63) is 22.2 Å². The Morgan fingerprint density at radius 3 is 2.56 bits per heavy atom. The fraction of sp³-hybridized carbons (Fsp3) is 0.571. The third kappa shape index (κ3) is 2.43. The largest absolute Gasteiger partial charge is 0.494 e. The zero-order valence-electron chi connectivity index (χ0n) is 11.0. The Morgan fingerprint density at radius 2 is 2.06 bits per heavy atom. The Balaban J connectivity index is 2.48. The van der Waals surface area contributed by atoms with Gasteiger partial charge in [-0.2, -0.15) is 0 Å². The van der Waals surface area contributed by atoms with Crippen LogP contribution in [0.25, 0.3) is 0 Å². The number of methoxy groups -OCH3 is 1. The van der Waals surface area contributed by atoms with E-state index < -0.39 is 0 Å². The van der Waals surface area contributed by atoms with E-state index in [1.807, 2.05) is 0 Å². The summed E-state index contributed by atoms with van der Waals surface area (Å²) in [5.74, 6) is 0.927. The Hall–Kier alpha value is -0.190. The number of ether oxygens (including phenoxy) is 1. The highest BCUT2D eigenvalue weighted by atomic mass is 79.9. The van der Waals surface area contributed by atoms with Crippen LogP contribution in [-0.4, -0.2) is 19.9 Å². The summed E-state index contributed by atoms with van der Waals surface area (Å²) in [5, 5.41) is 0. The van der Waals surface area contributed by atoms with E-state index in [-0.39, 0.29) is 5.41 Å². The molecule has 0 bridgehead atoms. The molecule has 1 aliphatic carbocycles. The van der Waals surface area contributed by atoms with E-state index in [1.54, 1.807) is 18.9 Å². The van der Waals surface area contributed by atoms with Crippen LogP contribution in [0.15, 0.2) is 21.5 Å². The number of benzene rings is 1. The molecule has 0 amide bonds. The van der Waals surface area contributed by atoms with E-state index in [4.69, 9.17) is 10.5 Å². The van der Waals surface area contributed by atoms with Gasteiger partial charge in [0.05, 0.1) is 16.5 Å². The average Bonchev–Trinajstić information content (AvgIpc) is 2.87. The molecule has 0 heterocycles. The molecular formula is C14H20BrNOS. The molecular weight excluding hydrogens is 310 g/mol. The van der Waals surface area contributed by atoms with Crippen molar-refractivity contribution in [1.82, 2.24) is 0 Å². The smallest absolute Gasteiger partial charge is 0.146 e. The van der Waals surface area contributed by atoms with Crippen LogP contribution in [0.5, 0.6) is 5.75 Å². The molecule has 18 heavy (non-hydrogen) atoms. The van der Waals surface area contributed by atoms with E-state index >= 15 is 0 Å². The Labute approximate surface area is 122 Å². The predicted octanol–water partition coefficient (Wildman–Crippen LogP) is 3.95. The molecule has 2 nitrogen and oxygen atoms in total. The second-order valence-corrected chi connectivity index (χ2v) is 6.59. The quantitative estimate of drug-likeness (QED) is 0.849. The standard InChI is InChI=1S/C14H20BrNOS/c1-17-13-11(15)7-10(8-12(13)18-2)14(9-16)5-3-4-6-14/h7-8H,3-6,9,16H2,1-2H3. The summed E-state index contributed by atoms with van der Waals surface area (Å²) in [7, 11) is 1.72. The molecule has 1 aliphatic rings. The molecule has 1 saturated carbocycles. The fourth-order valence-corrected chi connectivity index (χ4v) is 4.26. The van der Waals surface area contributed by atoms with Crippen LogP contribution in [-0.2, 0) is 5.41 Å². The van der Waals surface area contributed by atoms with Crippen LogP contribution in [0, 0.1) is 0 Å². The number of halogens is 1. The lowest BCUT2D eigenvalue weighted by molar-refractivity contribution is 0.399. The number of thioether (sulfide) groups is 1. The highest BCUT2D eigenvalue weighted by molar-refractivity contribution is 9.10. The van der Waals surface area contributed by atoms with Crippen molar-refractivity contribution in [2.24, 2.45) is 5.73 Å². The predicted molar refractivity (Wildman–Crippen MR) is 81.7 cm³/mol. The summed E-state index contributed by atoms with van der Waals surface area (Å²) in [6.45, 7) is 0.736. The first-order chi connectivity index (χ1) is 8.66. The van der Waals surface area contributed by atoms with Gasteiger partial charge in [-0.15, -0.1) is 11.8 Å². The van der Waals surface area contributed by atoms with Crippen molar-refractivity contribution in [3.8, 4) is 5.75 Å². The first-order valence-corrected chi connectivity index (χ1v) is 8.31. The van der Waals surface area contributed by atoms with Gasteiger partial charge in [0.1, 0.15) is 5.75 Å². The van der Waals surface area contributed by atoms with Gasteiger partial charge in [-0.3, -0.25) is 0 Å². The van der Waals surface area contributed by atoms with Gasteiger partial charge >= 0.3 is 0 Å². The normalized spacial score (nSPS) is 18.0. The number of rotatable bonds is 4. The summed E-state index contributed by atoms with van der Waals surface area (Å²) in [5.41, 5.74) is 7.60. The van der Waals surface area contributed by atoms with E-state index in [9.17, 15) is 0 Å². The first-order valence-electron chi connectivity index (χ1n) is 6.29. The number of hydrogen-bond acceptors (Lipinski definition) is 3. The molecule has 0 atom stereocenters. The van der Waals surface area contributed by atoms with Crippen molar-refractivity contribution in [2.75, 3.05) is 19.9 Å². The minimum atomic E-state index is 0.180. The van der Waals surface area contributed by atoms with Crippen molar-refractivity contribution < 1.29 is 4.74 Å². The molecule has 4 heteroatoms. The Morgan fingerprint density at radius 1 is 1.39 bits per heavy atom. The molecule has 0 aliphatic heterocycles. The highest BCUT2D eigenvalue weighted by Gasteiger charge is 2.35. The molecule has 100 valence electrons. The van der Waals surface area contributed by atoms with E-state index in [1.165, 1.54) is 36.1 Å². The summed E-state index contributed by atoms with van der Waals surface area (Å²) in [6, 6.07) is 4.45. The number of hydrogen-bond donors (Lipinski definition) is 1. The van der Waals surface area contributed by atoms with Crippen LogP contribution in [0.3, 0.4) is 0 Å². The lowest BCUT2D eigenvalue weighted by atomic mass is 9.79. The van der Waals surface area contributed by atoms with Crippen LogP contribution in [0.1, 0.15) is 31.2 Å². The maximum atomic E-state index is 6.06. The van der Waals surface area contributed by atoms with Gasteiger partial charge < -0.3 is 10.5 Å². The summed E-state index contributed by atoms with van der Waals surface area (Å²) >= 11 is 5.34. The van der Waals surface area contributed by atoms with Crippen LogP contribution >= 0.6 is 27.7 Å². The second kappa shape index (κ2) is 5.85. The van der Waals surface area contributed by atoms with Crippen LogP contribution < -0.4 is 10.5 Å². The molecule has 0 spiro atoms. The molecule has 1 aromatic rings. The minimum absolute atomic E-state index is 0.180. The van der Waals surface area contributed by atoms with Crippen LogP contribution in [0.4, 0.5) is 0 Å². The highest BCUT2D eigenvalue weighted by Crippen LogP contribution is 2.45. The average molecular weight is 330 g/mol. The minimum Gasteiger partial charge on any atom is -0.494 e. The molecule has 1 fully saturated rings. The fourth-order valence-electron chi connectivity index (χ4n) is 2.89. The van der Waals surface area contributed by atoms with Gasteiger partial charge in [0, 0.05) is 12.0 Å². The molecule has 2 N–H and O–H groups in total. The Kier molecular flexibility index (Phi) is 4.62. The third-order valence-electron chi connectivity index (χ3n) is 4.00. The molecule has 0 unspecified atom stereocenters. The van der Waals surface area contributed by atoms with Gasteiger partial charge in [0.2, 0.25) is 0 Å². The monoisotopic (exact) mass is 329 g/mol. The summed E-state index contributed by atoms with van der Waals surface area (Å²) < 4.78 is 6.49. The maximum absolute atomic E-state index is 6.06. The Bertz CT molecular complexity index is 430. The van der Waals surface area contributed by atoms with Gasteiger partial charge in [0.25, 0.3) is 0 Å². The zero-order valence-corrected chi connectivity index (χ0v) is 13.4. The lowest BCUT2D eigenvalue weighted by Crippen LogP contribution is -2.32. The molecule has 0 saturated heterocycles. The van der Waals surface area contributed by atoms with Gasteiger partial charge in [-0.05, 0) is 52.7 Å². The second-order valence-electron chi connectivity index (χ2n) is 4.89. The molecule has 0 aromatic heterocycles. The topological polar surface area (TPSA) is 35.2 Å². The summed E-state index contributed by atoms with van der Waals surface area (Å²) in [6.07, 6.45) is 7.06. The zero-order chi connectivity index (χ0) is 13.2. The summed E-state index contributed by atoms with van der Waals surface area (Å²) in [4.78, 5) is 1.18. The third-order valence-corrected chi connectivity index (χ3v) is 5.33. The van der Waals surface area contributed by atoms with Crippen molar-refractivity contribution >= 4 is 27.7 Å². The van der Waals surface area contributed by atoms with E-state index in [0.717, 1.165) is 16.8 Å². The molecule has 0 radical (unpaired) electrons. The van der Waals surface area contributed by atoms with Crippen molar-refractivity contribution in [3.63, 3.8) is 0 Å².